The predicted octanol–water partition coefficient (Wildman–Crippen LogP) is 3.55. The van der Waals surface area contributed by atoms with Crippen LogP contribution in [0, 0.1) is 12.8 Å². The zero-order valence-electron chi connectivity index (χ0n) is 16.1. The maximum Gasteiger partial charge on any atom is 0.240 e. The average Bonchev–Trinajstić information content (AvgIpc) is 2.65. The van der Waals surface area contributed by atoms with E-state index in [1.807, 2.05) is 36.1 Å². The van der Waals surface area contributed by atoms with E-state index in [0.29, 0.717) is 0 Å². The van der Waals surface area contributed by atoms with Crippen LogP contribution < -0.4 is 9.62 Å². The van der Waals surface area contributed by atoms with Gasteiger partial charge in [-0.2, -0.15) is 0 Å². The highest BCUT2D eigenvalue weighted by molar-refractivity contribution is 7.89. The van der Waals surface area contributed by atoms with Gasteiger partial charge in [0.05, 0.1) is 4.90 Å². The van der Waals surface area contributed by atoms with Crippen LogP contribution >= 0.6 is 0 Å². The summed E-state index contributed by atoms with van der Waals surface area (Å²) < 4.78 is 28.2. The number of hydrogen-bond donors (Lipinski definition) is 1. The minimum atomic E-state index is -3.60. The van der Waals surface area contributed by atoms with Crippen LogP contribution in [0.3, 0.4) is 0 Å². The number of carbonyl (C=O) groups is 1. The third-order valence-electron chi connectivity index (χ3n) is 5.79. The topological polar surface area (TPSA) is 66.5 Å². The lowest BCUT2D eigenvalue weighted by Crippen LogP contribution is -2.41. The molecule has 0 radical (unpaired) electrons. The van der Waals surface area contributed by atoms with Gasteiger partial charge in [-0.15, -0.1) is 0 Å². The van der Waals surface area contributed by atoms with Crippen LogP contribution in [-0.4, -0.2) is 20.9 Å². The SMILES string of the molecule is Cc1ccc(CNS(=O)(=O)c2ccc3c(c2)CCCN3C(=O)C2CCC2)cc1. The second-order valence-electron chi connectivity index (χ2n) is 7.82. The van der Waals surface area contributed by atoms with Gasteiger partial charge in [0.1, 0.15) is 0 Å². The van der Waals surface area contributed by atoms with Gasteiger partial charge in [0.2, 0.25) is 15.9 Å². The highest BCUT2D eigenvalue weighted by Gasteiger charge is 2.32. The number of amides is 1. The summed E-state index contributed by atoms with van der Waals surface area (Å²) in [6.45, 7) is 2.98. The maximum absolute atomic E-state index is 12.7. The molecule has 1 heterocycles. The summed E-state index contributed by atoms with van der Waals surface area (Å²) in [5.74, 6) is 0.339. The van der Waals surface area contributed by atoms with E-state index in [2.05, 4.69) is 4.72 Å². The molecular weight excluding hydrogens is 372 g/mol. The second kappa shape index (κ2) is 7.68. The van der Waals surface area contributed by atoms with Crippen LogP contribution in [-0.2, 0) is 27.8 Å². The number of anilines is 1. The molecule has 2 aromatic rings. The van der Waals surface area contributed by atoms with E-state index in [-0.39, 0.29) is 23.3 Å². The van der Waals surface area contributed by atoms with E-state index in [1.54, 1.807) is 18.2 Å². The molecule has 0 unspecified atom stereocenters. The van der Waals surface area contributed by atoms with Gasteiger partial charge >= 0.3 is 0 Å². The predicted molar refractivity (Wildman–Crippen MR) is 110 cm³/mol. The Morgan fingerprint density at radius 2 is 1.86 bits per heavy atom. The molecule has 1 aliphatic heterocycles. The molecule has 6 heteroatoms. The number of hydrogen-bond acceptors (Lipinski definition) is 3. The molecule has 0 aromatic heterocycles. The number of rotatable bonds is 5. The molecule has 2 aliphatic rings. The smallest absolute Gasteiger partial charge is 0.240 e. The molecule has 0 saturated heterocycles. The van der Waals surface area contributed by atoms with Gasteiger partial charge in [0, 0.05) is 24.7 Å². The third kappa shape index (κ3) is 3.84. The minimum Gasteiger partial charge on any atom is -0.312 e. The number of carbonyl (C=O) groups excluding carboxylic acids is 1. The Kier molecular flexibility index (Phi) is 5.25. The molecule has 2 aromatic carbocycles. The van der Waals surface area contributed by atoms with Crippen LogP contribution in [0.1, 0.15) is 42.4 Å². The van der Waals surface area contributed by atoms with Crippen molar-refractivity contribution in [2.75, 3.05) is 11.4 Å². The van der Waals surface area contributed by atoms with Crippen molar-refractivity contribution in [3.63, 3.8) is 0 Å². The zero-order chi connectivity index (χ0) is 19.7. The molecular formula is C22H26N2O3S. The van der Waals surface area contributed by atoms with Gasteiger partial charge in [-0.1, -0.05) is 36.2 Å². The first-order chi connectivity index (χ1) is 13.4. The Balaban J connectivity index is 1.52. The van der Waals surface area contributed by atoms with Gasteiger partial charge in [-0.3, -0.25) is 4.79 Å². The van der Waals surface area contributed by atoms with Crippen molar-refractivity contribution in [3.8, 4) is 0 Å². The highest BCUT2D eigenvalue weighted by Crippen LogP contribution is 2.34. The third-order valence-corrected chi connectivity index (χ3v) is 7.19. The molecule has 4 rings (SSSR count). The Morgan fingerprint density at radius 3 is 2.54 bits per heavy atom. The number of fused-ring (bicyclic) bond motifs is 1. The molecule has 1 amide bonds. The number of benzene rings is 2. The monoisotopic (exact) mass is 398 g/mol. The standard InChI is InChI=1S/C22H26N2O3S/c1-16-7-9-17(10-8-16)15-23-28(26,27)20-11-12-21-19(14-20)6-3-13-24(21)22(25)18-4-2-5-18/h7-12,14,18,23H,2-6,13,15H2,1H3. The Bertz CT molecular complexity index is 979. The van der Waals surface area contributed by atoms with E-state index in [0.717, 1.165) is 61.0 Å². The molecule has 148 valence electrons. The van der Waals surface area contributed by atoms with Crippen molar-refractivity contribution in [2.45, 2.75) is 50.5 Å². The quantitative estimate of drug-likeness (QED) is 0.838. The molecule has 1 saturated carbocycles. The van der Waals surface area contributed by atoms with Crippen molar-refractivity contribution < 1.29 is 13.2 Å². The summed E-state index contributed by atoms with van der Waals surface area (Å²) in [6, 6.07) is 12.9. The van der Waals surface area contributed by atoms with E-state index in [9.17, 15) is 13.2 Å². The van der Waals surface area contributed by atoms with Crippen molar-refractivity contribution in [2.24, 2.45) is 5.92 Å². The Morgan fingerprint density at radius 1 is 1.11 bits per heavy atom. The summed E-state index contributed by atoms with van der Waals surface area (Å²) in [6.07, 6.45) is 4.73. The van der Waals surface area contributed by atoms with Gasteiger partial charge < -0.3 is 4.90 Å². The van der Waals surface area contributed by atoms with Gasteiger partial charge in [-0.05, 0) is 61.9 Å². The van der Waals surface area contributed by atoms with Crippen molar-refractivity contribution in [3.05, 3.63) is 59.2 Å². The Hall–Kier alpha value is -2.18. The van der Waals surface area contributed by atoms with E-state index >= 15 is 0 Å². The minimum absolute atomic E-state index is 0.144. The number of sulfonamides is 1. The first-order valence-corrected chi connectivity index (χ1v) is 11.4. The summed E-state index contributed by atoms with van der Waals surface area (Å²) in [4.78, 5) is 14.8. The lowest BCUT2D eigenvalue weighted by atomic mass is 9.83. The van der Waals surface area contributed by atoms with Crippen LogP contribution in [0.25, 0.3) is 0 Å². The summed E-state index contributed by atoms with van der Waals surface area (Å²) in [7, 11) is -3.60. The van der Waals surface area contributed by atoms with E-state index in [1.165, 1.54) is 0 Å². The lowest BCUT2D eigenvalue weighted by Gasteiger charge is -2.35. The molecule has 28 heavy (non-hydrogen) atoms. The van der Waals surface area contributed by atoms with E-state index in [4.69, 9.17) is 0 Å². The average molecular weight is 399 g/mol. The number of nitrogens with zero attached hydrogens (tertiary/aromatic N) is 1. The van der Waals surface area contributed by atoms with Crippen LogP contribution in [0.4, 0.5) is 5.69 Å². The Labute approximate surface area is 166 Å². The zero-order valence-corrected chi connectivity index (χ0v) is 17.0. The van der Waals surface area contributed by atoms with Gasteiger partial charge in [0.15, 0.2) is 0 Å². The van der Waals surface area contributed by atoms with Crippen LogP contribution in [0.5, 0.6) is 0 Å². The van der Waals surface area contributed by atoms with E-state index < -0.39 is 10.0 Å². The molecule has 0 bridgehead atoms. The largest absolute Gasteiger partial charge is 0.312 e. The fourth-order valence-electron chi connectivity index (χ4n) is 3.81. The molecule has 5 nitrogen and oxygen atoms in total. The number of nitrogens with one attached hydrogen (secondary N) is 1. The first kappa shape index (κ1) is 19.2. The van der Waals surface area contributed by atoms with Crippen molar-refractivity contribution in [1.82, 2.24) is 4.72 Å². The van der Waals surface area contributed by atoms with Crippen LogP contribution in [0.15, 0.2) is 47.4 Å². The molecule has 0 atom stereocenters. The van der Waals surface area contributed by atoms with Gasteiger partial charge in [0.25, 0.3) is 0 Å². The summed E-state index contributed by atoms with van der Waals surface area (Å²) >= 11 is 0. The normalized spacial score (nSPS) is 17.1. The second-order valence-corrected chi connectivity index (χ2v) is 9.59. The highest BCUT2D eigenvalue weighted by atomic mass is 32.2. The number of aryl methyl sites for hydroxylation is 2. The molecule has 1 fully saturated rings. The lowest BCUT2D eigenvalue weighted by molar-refractivity contribution is -0.124. The fourth-order valence-corrected chi connectivity index (χ4v) is 4.88. The van der Waals surface area contributed by atoms with Crippen molar-refractivity contribution >= 4 is 21.6 Å². The maximum atomic E-state index is 12.7. The summed E-state index contributed by atoms with van der Waals surface area (Å²) in [5.41, 5.74) is 3.88. The molecule has 1 N–H and O–H groups in total. The van der Waals surface area contributed by atoms with Crippen LogP contribution in [0.2, 0.25) is 0 Å². The van der Waals surface area contributed by atoms with Crippen molar-refractivity contribution in [1.29, 1.82) is 0 Å². The van der Waals surface area contributed by atoms with Gasteiger partial charge in [-0.25, -0.2) is 13.1 Å². The fraction of sp³-hybridized carbons (Fsp3) is 0.409. The molecule has 1 aliphatic carbocycles. The molecule has 0 spiro atoms. The summed E-state index contributed by atoms with van der Waals surface area (Å²) in [5, 5.41) is 0. The first-order valence-electron chi connectivity index (χ1n) is 9.93.